The first-order chi connectivity index (χ1) is 9.66. The zero-order chi connectivity index (χ0) is 14.0. The maximum absolute atomic E-state index is 12.4. The zero-order valence-corrected chi connectivity index (χ0v) is 11.7. The Kier molecular flexibility index (Phi) is 3.53. The molecule has 2 aliphatic rings. The van der Waals surface area contributed by atoms with Crippen molar-refractivity contribution >= 4 is 17.3 Å². The second-order valence-electron chi connectivity index (χ2n) is 5.79. The zero-order valence-electron chi connectivity index (χ0n) is 11.7. The average Bonchev–Trinajstić information content (AvgIpc) is 2.47. The van der Waals surface area contributed by atoms with Gasteiger partial charge in [-0.05, 0) is 31.9 Å². The minimum Gasteiger partial charge on any atom is -0.381 e. The number of ether oxygens (including phenoxy) is 1. The van der Waals surface area contributed by atoms with Gasteiger partial charge in [-0.1, -0.05) is 12.1 Å². The van der Waals surface area contributed by atoms with Crippen LogP contribution < -0.4 is 16.0 Å². The smallest absolute Gasteiger partial charge is 0.244 e. The first kappa shape index (κ1) is 13.2. The molecule has 1 fully saturated rings. The fraction of sp³-hybridized carbons (Fsp3) is 0.533. The molecule has 0 aliphatic carbocycles. The van der Waals surface area contributed by atoms with Gasteiger partial charge in [0.05, 0.1) is 11.4 Å². The van der Waals surface area contributed by atoms with E-state index in [9.17, 15) is 4.79 Å². The molecule has 0 radical (unpaired) electrons. The molecule has 3 N–H and O–H groups in total. The van der Waals surface area contributed by atoms with Crippen molar-refractivity contribution in [3.8, 4) is 0 Å². The number of amides is 1. The third-order valence-electron chi connectivity index (χ3n) is 4.09. The Morgan fingerprint density at radius 1 is 1.30 bits per heavy atom. The lowest BCUT2D eigenvalue weighted by molar-refractivity contribution is -0.124. The summed E-state index contributed by atoms with van der Waals surface area (Å²) in [6, 6.07) is 7.71. The molecule has 20 heavy (non-hydrogen) atoms. The summed E-state index contributed by atoms with van der Waals surface area (Å²) in [4.78, 5) is 12.4. The molecule has 1 unspecified atom stereocenters. The predicted molar refractivity (Wildman–Crippen MR) is 78.9 cm³/mol. The summed E-state index contributed by atoms with van der Waals surface area (Å²) in [7, 11) is 0. The van der Waals surface area contributed by atoms with Crippen LogP contribution in [-0.4, -0.2) is 37.2 Å². The second kappa shape index (κ2) is 5.32. The fourth-order valence-electron chi connectivity index (χ4n) is 2.70. The number of carbonyl (C=O) groups is 1. The molecular formula is C15H21N3O2. The van der Waals surface area contributed by atoms with Crippen LogP contribution in [-0.2, 0) is 9.53 Å². The number of nitrogens with one attached hydrogen (secondary N) is 3. The minimum atomic E-state index is -0.232. The molecule has 5 nitrogen and oxygen atoms in total. The van der Waals surface area contributed by atoms with Crippen LogP contribution in [0.25, 0.3) is 0 Å². The number of anilines is 2. The Balaban J connectivity index is 1.64. The van der Waals surface area contributed by atoms with Gasteiger partial charge in [0.1, 0.15) is 6.04 Å². The second-order valence-corrected chi connectivity index (χ2v) is 5.79. The van der Waals surface area contributed by atoms with Gasteiger partial charge in [-0.25, -0.2) is 0 Å². The van der Waals surface area contributed by atoms with E-state index < -0.39 is 0 Å². The van der Waals surface area contributed by atoms with Gasteiger partial charge in [-0.2, -0.15) is 0 Å². The van der Waals surface area contributed by atoms with Gasteiger partial charge in [0.15, 0.2) is 0 Å². The van der Waals surface area contributed by atoms with Crippen LogP contribution in [0, 0.1) is 0 Å². The molecule has 1 aromatic rings. The summed E-state index contributed by atoms with van der Waals surface area (Å²) in [5.41, 5.74) is 1.89. The Morgan fingerprint density at radius 3 is 2.75 bits per heavy atom. The highest BCUT2D eigenvalue weighted by molar-refractivity contribution is 5.89. The van der Waals surface area contributed by atoms with Gasteiger partial charge in [-0.15, -0.1) is 0 Å². The first-order valence-electron chi connectivity index (χ1n) is 7.16. The molecule has 0 aromatic heterocycles. The van der Waals surface area contributed by atoms with E-state index in [-0.39, 0.29) is 17.5 Å². The molecule has 1 atom stereocenters. The van der Waals surface area contributed by atoms with E-state index in [1.54, 1.807) is 0 Å². The van der Waals surface area contributed by atoms with Crippen molar-refractivity contribution in [2.24, 2.45) is 0 Å². The van der Waals surface area contributed by atoms with Crippen molar-refractivity contribution in [3.05, 3.63) is 24.3 Å². The SMILES string of the molecule is CC1(NC(=O)C2CNc3ccccc3N2)CCOCC1. The Morgan fingerprint density at radius 2 is 2.00 bits per heavy atom. The number of benzene rings is 1. The molecule has 2 heterocycles. The highest BCUT2D eigenvalue weighted by atomic mass is 16.5. The number of para-hydroxylation sites is 2. The van der Waals surface area contributed by atoms with Crippen LogP contribution in [0.1, 0.15) is 19.8 Å². The molecule has 108 valence electrons. The molecular weight excluding hydrogens is 254 g/mol. The van der Waals surface area contributed by atoms with Crippen LogP contribution in [0.3, 0.4) is 0 Å². The maximum atomic E-state index is 12.4. The van der Waals surface area contributed by atoms with Gasteiger partial charge < -0.3 is 20.7 Å². The van der Waals surface area contributed by atoms with Crippen LogP contribution >= 0.6 is 0 Å². The molecule has 1 aromatic carbocycles. The molecule has 5 heteroatoms. The summed E-state index contributed by atoms with van der Waals surface area (Å²) in [6.45, 7) is 4.14. The fourth-order valence-corrected chi connectivity index (χ4v) is 2.70. The van der Waals surface area contributed by atoms with Crippen LogP contribution in [0.15, 0.2) is 24.3 Å². The van der Waals surface area contributed by atoms with Crippen molar-refractivity contribution in [3.63, 3.8) is 0 Å². The van der Waals surface area contributed by atoms with E-state index in [1.165, 1.54) is 0 Å². The van der Waals surface area contributed by atoms with E-state index in [4.69, 9.17) is 4.74 Å². The van der Waals surface area contributed by atoms with Gasteiger partial charge in [-0.3, -0.25) is 4.79 Å². The number of hydrogen-bond donors (Lipinski definition) is 3. The minimum absolute atomic E-state index is 0.0522. The number of carbonyl (C=O) groups excluding carboxylic acids is 1. The van der Waals surface area contributed by atoms with Crippen molar-refractivity contribution in [1.29, 1.82) is 0 Å². The third kappa shape index (κ3) is 2.72. The number of fused-ring (bicyclic) bond motifs is 1. The van der Waals surface area contributed by atoms with E-state index >= 15 is 0 Å². The molecule has 0 spiro atoms. The molecule has 3 rings (SSSR count). The molecule has 0 bridgehead atoms. The highest BCUT2D eigenvalue weighted by Crippen LogP contribution is 2.26. The third-order valence-corrected chi connectivity index (χ3v) is 4.09. The molecule has 2 aliphatic heterocycles. The lowest BCUT2D eigenvalue weighted by Gasteiger charge is -2.37. The Bertz CT molecular complexity index is 498. The lowest BCUT2D eigenvalue weighted by atomic mass is 9.92. The Labute approximate surface area is 119 Å². The van der Waals surface area contributed by atoms with E-state index in [1.807, 2.05) is 24.3 Å². The lowest BCUT2D eigenvalue weighted by Crippen LogP contribution is -2.56. The van der Waals surface area contributed by atoms with Crippen molar-refractivity contribution in [2.45, 2.75) is 31.3 Å². The van der Waals surface area contributed by atoms with Gasteiger partial charge in [0.25, 0.3) is 0 Å². The standard InChI is InChI=1S/C15H21N3O2/c1-15(6-8-20-9-7-15)18-14(19)13-10-16-11-4-2-3-5-12(11)17-13/h2-5,13,16-17H,6-10H2,1H3,(H,18,19). The van der Waals surface area contributed by atoms with Gasteiger partial charge in [0, 0.05) is 25.3 Å². The summed E-state index contributed by atoms with van der Waals surface area (Å²) in [5, 5.41) is 9.77. The van der Waals surface area contributed by atoms with Crippen molar-refractivity contribution in [2.75, 3.05) is 30.4 Å². The number of hydrogen-bond acceptors (Lipinski definition) is 4. The largest absolute Gasteiger partial charge is 0.381 e. The summed E-state index contributed by atoms with van der Waals surface area (Å²) in [5.74, 6) is 0.0522. The van der Waals surface area contributed by atoms with E-state index in [2.05, 4.69) is 22.9 Å². The van der Waals surface area contributed by atoms with Crippen molar-refractivity contribution in [1.82, 2.24) is 5.32 Å². The monoisotopic (exact) mass is 275 g/mol. The predicted octanol–water partition coefficient (Wildman–Crippen LogP) is 1.58. The molecule has 1 amide bonds. The molecule has 0 saturated carbocycles. The van der Waals surface area contributed by atoms with E-state index in [0.717, 1.165) is 37.4 Å². The molecule has 1 saturated heterocycles. The Hall–Kier alpha value is -1.75. The van der Waals surface area contributed by atoms with Crippen LogP contribution in [0.5, 0.6) is 0 Å². The van der Waals surface area contributed by atoms with Gasteiger partial charge >= 0.3 is 0 Å². The van der Waals surface area contributed by atoms with Gasteiger partial charge in [0.2, 0.25) is 5.91 Å². The maximum Gasteiger partial charge on any atom is 0.244 e. The normalized spacial score (nSPS) is 23.9. The number of rotatable bonds is 2. The average molecular weight is 275 g/mol. The first-order valence-corrected chi connectivity index (χ1v) is 7.16. The quantitative estimate of drug-likeness (QED) is 0.767. The van der Waals surface area contributed by atoms with Crippen LogP contribution in [0.4, 0.5) is 11.4 Å². The van der Waals surface area contributed by atoms with Crippen molar-refractivity contribution < 1.29 is 9.53 Å². The summed E-state index contributed by atoms with van der Waals surface area (Å²) in [6.07, 6.45) is 1.74. The van der Waals surface area contributed by atoms with E-state index in [0.29, 0.717) is 6.54 Å². The highest BCUT2D eigenvalue weighted by Gasteiger charge is 2.32. The summed E-state index contributed by atoms with van der Waals surface area (Å²) >= 11 is 0. The van der Waals surface area contributed by atoms with Crippen LogP contribution in [0.2, 0.25) is 0 Å². The summed E-state index contributed by atoms with van der Waals surface area (Å²) < 4.78 is 5.36. The topological polar surface area (TPSA) is 62.4 Å².